The number of nitrogens with one attached hydrogen (secondary N) is 1. The molecule has 1 atom stereocenters. The Morgan fingerprint density at radius 1 is 1.50 bits per heavy atom. The maximum Gasteiger partial charge on any atom is 0.256 e. The second-order valence-corrected chi connectivity index (χ2v) is 6.94. The Labute approximate surface area is 146 Å². The topological polar surface area (TPSA) is 54.5 Å². The van der Waals surface area contributed by atoms with Gasteiger partial charge in [0, 0.05) is 36.8 Å². The standard InChI is InChI=1S/C18H23N3O2S/c1-3-23-18-15(5-4-8-19-18)17(22)20-11-13(2)21-9-6-16-14(12-21)7-10-24-16/h4-5,7-8,10,13H,3,6,9,11-12H2,1-2H3,(H,20,22)/t13-/m0/s1. The van der Waals surface area contributed by atoms with Gasteiger partial charge in [-0.1, -0.05) is 0 Å². The summed E-state index contributed by atoms with van der Waals surface area (Å²) in [5, 5.41) is 5.18. The fourth-order valence-electron chi connectivity index (χ4n) is 2.93. The van der Waals surface area contributed by atoms with E-state index in [2.05, 4.69) is 33.6 Å². The molecule has 0 saturated heterocycles. The Morgan fingerprint density at radius 3 is 3.21 bits per heavy atom. The fraction of sp³-hybridized carbons (Fsp3) is 0.444. The van der Waals surface area contributed by atoms with Crippen LogP contribution < -0.4 is 10.1 Å². The molecule has 2 aromatic rings. The van der Waals surface area contributed by atoms with E-state index in [0.29, 0.717) is 24.6 Å². The minimum absolute atomic E-state index is 0.133. The maximum atomic E-state index is 12.4. The molecular formula is C18H23N3O2S. The number of fused-ring (bicyclic) bond motifs is 1. The van der Waals surface area contributed by atoms with Crippen molar-refractivity contribution >= 4 is 17.2 Å². The average molecular weight is 345 g/mol. The zero-order valence-corrected chi connectivity index (χ0v) is 14.9. The van der Waals surface area contributed by atoms with Gasteiger partial charge in [0.05, 0.1) is 6.61 Å². The van der Waals surface area contributed by atoms with Gasteiger partial charge in [-0.2, -0.15) is 0 Å². The van der Waals surface area contributed by atoms with Gasteiger partial charge in [-0.15, -0.1) is 11.3 Å². The molecule has 2 aromatic heterocycles. The molecule has 128 valence electrons. The van der Waals surface area contributed by atoms with Gasteiger partial charge >= 0.3 is 0 Å². The van der Waals surface area contributed by atoms with Crippen molar-refractivity contribution in [3.8, 4) is 5.88 Å². The van der Waals surface area contributed by atoms with Crippen molar-refractivity contribution in [2.45, 2.75) is 32.9 Å². The number of carbonyl (C=O) groups excluding carboxylic acids is 1. The van der Waals surface area contributed by atoms with E-state index in [1.165, 1.54) is 10.4 Å². The lowest BCUT2D eigenvalue weighted by Crippen LogP contribution is -2.44. The number of pyridine rings is 1. The van der Waals surface area contributed by atoms with Crippen LogP contribution in [-0.4, -0.2) is 41.5 Å². The van der Waals surface area contributed by atoms with Crippen molar-refractivity contribution in [3.05, 3.63) is 45.8 Å². The Bertz CT molecular complexity index is 701. The first kappa shape index (κ1) is 16.9. The van der Waals surface area contributed by atoms with Gasteiger partial charge in [-0.3, -0.25) is 9.69 Å². The van der Waals surface area contributed by atoms with E-state index in [4.69, 9.17) is 4.74 Å². The zero-order chi connectivity index (χ0) is 16.9. The third-order valence-electron chi connectivity index (χ3n) is 4.32. The van der Waals surface area contributed by atoms with Gasteiger partial charge in [-0.05, 0) is 49.4 Å². The third-order valence-corrected chi connectivity index (χ3v) is 5.34. The molecule has 0 aromatic carbocycles. The van der Waals surface area contributed by atoms with Gasteiger partial charge in [-0.25, -0.2) is 4.98 Å². The summed E-state index contributed by atoms with van der Waals surface area (Å²) >= 11 is 1.84. The summed E-state index contributed by atoms with van der Waals surface area (Å²) in [4.78, 5) is 20.5. The van der Waals surface area contributed by atoms with E-state index in [9.17, 15) is 4.79 Å². The molecule has 5 nitrogen and oxygen atoms in total. The van der Waals surface area contributed by atoms with Crippen LogP contribution in [0, 0.1) is 0 Å². The highest BCUT2D eigenvalue weighted by Crippen LogP contribution is 2.25. The van der Waals surface area contributed by atoms with E-state index in [-0.39, 0.29) is 11.9 Å². The van der Waals surface area contributed by atoms with E-state index < -0.39 is 0 Å². The fourth-order valence-corrected chi connectivity index (χ4v) is 3.82. The molecule has 0 aliphatic carbocycles. The summed E-state index contributed by atoms with van der Waals surface area (Å²) in [6.45, 7) is 7.15. The Hall–Kier alpha value is -1.92. The molecule has 3 heterocycles. The first-order valence-corrected chi connectivity index (χ1v) is 9.22. The summed E-state index contributed by atoms with van der Waals surface area (Å²) in [7, 11) is 0. The highest BCUT2D eigenvalue weighted by atomic mass is 32.1. The van der Waals surface area contributed by atoms with Crippen LogP contribution in [0.4, 0.5) is 0 Å². The van der Waals surface area contributed by atoms with Crippen molar-refractivity contribution in [3.63, 3.8) is 0 Å². The van der Waals surface area contributed by atoms with Gasteiger partial charge in [0.15, 0.2) is 0 Å². The van der Waals surface area contributed by atoms with Gasteiger partial charge in [0.25, 0.3) is 5.91 Å². The molecule has 1 amide bonds. The van der Waals surface area contributed by atoms with E-state index in [1.54, 1.807) is 18.3 Å². The summed E-state index contributed by atoms with van der Waals surface area (Å²) in [6, 6.07) is 6.00. The van der Waals surface area contributed by atoms with Crippen molar-refractivity contribution in [2.75, 3.05) is 19.7 Å². The number of amides is 1. The molecule has 0 unspecified atom stereocenters. The molecule has 0 fully saturated rings. The molecule has 24 heavy (non-hydrogen) atoms. The van der Waals surface area contributed by atoms with Gasteiger partial charge in [0.2, 0.25) is 5.88 Å². The van der Waals surface area contributed by atoms with Crippen molar-refractivity contribution in [1.82, 2.24) is 15.2 Å². The molecule has 3 rings (SSSR count). The van der Waals surface area contributed by atoms with Crippen LogP contribution >= 0.6 is 11.3 Å². The maximum absolute atomic E-state index is 12.4. The minimum atomic E-state index is -0.133. The first-order valence-electron chi connectivity index (χ1n) is 8.34. The van der Waals surface area contributed by atoms with Crippen LogP contribution in [0.5, 0.6) is 5.88 Å². The van der Waals surface area contributed by atoms with E-state index >= 15 is 0 Å². The summed E-state index contributed by atoms with van der Waals surface area (Å²) < 4.78 is 5.43. The number of hydrogen-bond donors (Lipinski definition) is 1. The second kappa shape index (κ2) is 7.77. The monoisotopic (exact) mass is 345 g/mol. The average Bonchev–Trinajstić information content (AvgIpc) is 3.08. The van der Waals surface area contributed by atoms with Gasteiger partial charge < -0.3 is 10.1 Å². The van der Waals surface area contributed by atoms with Crippen molar-refractivity contribution < 1.29 is 9.53 Å². The van der Waals surface area contributed by atoms with Crippen LogP contribution in [0.15, 0.2) is 29.8 Å². The van der Waals surface area contributed by atoms with Crippen LogP contribution in [0.1, 0.15) is 34.6 Å². The molecular weight excluding hydrogens is 322 g/mol. The Balaban J connectivity index is 1.57. The molecule has 0 radical (unpaired) electrons. The van der Waals surface area contributed by atoms with Gasteiger partial charge in [0.1, 0.15) is 5.56 Å². The zero-order valence-electron chi connectivity index (χ0n) is 14.1. The molecule has 1 aliphatic heterocycles. The molecule has 6 heteroatoms. The highest BCUT2D eigenvalue weighted by molar-refractivity contribution is 7.10. The quantitative estimate of drug-likeness (QED) is 0.875. The number of aromatic nitrogens is 1. The van der Waals surface area contributed by atoms with Crippen molar-refractivity contribution in [2.24, 2.45) is 0 Å². The summed E-state index contributed by atoms with van der Waals surface area (Å²) in [5.41, 5.74) is 1.92. The molecule has 1 N–H and O–H groups in total. The number of carbonyl (C=O) groups is 1. The first-order chi connectivity index (χ1) is 11.7. The van der Waals surface area contributed by atoms with E-state index in [0.717, 1.165) is 19.5 Å². The number of ether oxygens (including phenoxy) is 1. The predicted molar refractivity (Wildman–Crippen MR) is 95.6 cm³/mol. The van der Waals surface area contributed by atoms with Crippen LogP contribution in [0.3, 0.4) is 0 Å². The Kier molecular flexibility index (Phi) is 5.48. The second-order valence-electron chi connectivity index (χ2n) is 5.94. The normalized spacial score (nSPS) is 15.6. The molecule has 0 bridgehead atoms. The number of thiophene rings is 1. The lowest BCUT2D eigenvalue weighted by atomic mass is 10.1. The number of nitrogens with zero attached hydrogens (tertiary/aromatic N) is 2. The summed E-state index contributed by atoms with van der Waals surface area (Å²) in [6.07, 6.45) is 2.74. The number of rotatable bonds is 6. The highest BCUT2D eigenvalue weighted by Gasteiger charge is 2.22. The van der Waals surface area contributed by atoms with E-state index in [1.807, 2.05) is 18.3 Å². The molecule has 0 spiro atoms. The lowest BCUT2D eigenvalue weighted by Gasteiger charge is -2.32. The largest absolute Gasteiger partial charge is 0.477 e. The molecule has 0 saturated carbocycles. The van der Waals surface area contributed by atoms with Crippen LogP contribution in [0.25, 0.3) is 0 Å². The third kappa shape index (κ3) is 3.76. The summed E-state index contributed by atoms with van der Waals surface area (Å²) in [5.74, 6) is 0.262. The van der Waals surface area contributed by atoms with Crippen molar-refractivity contribution in [1.29, 1.82) is 0 Å². The van der Waals surface area contributed by atoms with Crippen LogP contribution in [0.2, 0.25) is 0 Å². The lowest BCUT2D eigenvalue weighted by molar-refractivity contribution is 0.0928. The minimum Gasteiger partial charge on any atom is -0.477 e. The molecule has 1 aliphatic rings. The Morgan fingerprint density at radius 2 is 2.38 bits per heavy atom. The predicted octanol–water partition coefficient (Wildman–Crippen LogP) is 2.72. The number of hydrogen-bond acceptors (Lipinski definition) is 5. The van der Waals surface area contributed by atoms with Crippen LogP contribution in [-0.2, 0) is 13.0 Å². The SMILES string of the molecule is CCOc1ncccc1C(=O)NC[C@H](C)N1CCc2sccc2C1. The smallest absolute Gasteiger partial charge is 0.256 e.